The molecule has 10 heteroatoms. The van der Waals surface area contributed by atoms with Crippen molar-refractivity contribution in [1.82, 2.24) is 10.2 Å². The van der Waals surface area contributed by atoms with Crippen molar-refractivity contribution in [3.05, 3.63) is 58.6 Å². The third-order valence-corrected chi connectivity index (χ3v) is 5.62. The summed E-state index contributed by atoms with van der Waals surface area (Å²) in [5.41, 5.74) is 0.284. The van der Waals surface area contributed by atoms with Crippen LogP contribution in [0.1, 0.15) is 6.42 Å². The molecule has 0 aliphatic heterocycles. The second-order valence-electron chi connectivity index (χ2n) is 6.84. The first-order valence-corrected chi connectivity index (χ1v) is 11.9. The lowest BCUT2D eigenvalue weighted by atomic mass is 10.2. The Morgan fingerprint density at radius 1 is 1.03 bits per heavy atom. The van der Waals surface area contributed by atoms with Crippen LogP contribution in [0.4, 0.5) is 5.69 Å². The zero-order chi connectivity index (χ0) is 23.5. The highest BCUT2D eigenvalue weighted by Gasteiger charge is 2.25. The van der Waals surface area contributed by atoms with Crippen molar-refractivity contribution in [2.24, 2.45) is 0 Å². The molecule has 0 heterocycles. The highest BCUT2D eigenvalue weighted by atomic mass is 35.5. The highest BCUT2D eigenvalue weighted by Crippen LogP contribution is 2.29. The molecule has 172 valence electrons. The van der Waals surface area contributed by atoms with Crippen LogP contribution in [0.15, 0.2) is 48.5 Å². The summed E-state index contributed by atoms with van der Waals surface area (Å²) in [5, 5.41) is 5.91. The van der Waals surface area contributed by atoms with E-state index in [1.807, 2.05) is 12.3 Å². The quantitative estimate of drug-likeness (QED) is 0.493. The fourth-order valence-corrected chi connectivity index (χ4v) is 3.71. The highest BCUT2D eigenvalue weighted by molar-refractivity contribution is 7.98. The monoisotopic (exact) mass is 497 g/mol. The zero-order valence-corrected chi connectivity index (χ0v) is 20.1. The molecule has 0 saturated carbocycles. The second kappa shape index (κ2) is 13.2. The van der Waals surface area contributed by atoms with Crippen molar-refractivity contribution >= 4 is 58.4 Å². The summed E-state index contributed by atoms with van der Waals surface area (Å²) < 4.78 is 5.44. The molecule has 0 radical (unpaired) electrons. The number of hydrogen-bond donors (Lipinski definition) is 2. The van der Waals surface area contributed by atoms with Gasteiger partial charge in [-0.05, 0) is 42.7 Å². The molecule has 7 nitrogen and oxygen atoms in total. The zero-order valence-electron chi connectivity index (χ0n) is 17.8. The first kappa shape index (κ1) is 25.8. The number of nitrogens with zero attached hydrogens (tertiary/aromatic N) is 1. The van der Waals surface area contributed by atoms with Gasteiger partial charge in [-0.1, -0.05) is 47.5 Å². The lowest BCUT2D eigenvalue weighted by Crippen LogP contribution is -2.50. The molecule has 2 aromatic carbocycles. The average Bonchev–Trinajstić information content (AvgIpc) is 2.78. The maximum Gasteiger partial charge on any atom is 0.258 e. The van der Waals surface area contributed by atoms with Gasteiger partial charge in [0.05, 0.1) is 22.3 Å². The molecule has 2 rings (SSSR count). The van der Waals surface area contributed by atoms with Crippen LogP contribution >= 0.6 is 35.0 Å². The van der Waals surface area contributed by atoms with Gasteiger partial charge in [-0.3, -0.25) is 14.4 Å². The Kier molecular flexibility index (Phi) is 10.7. The number of rotatable bonds is 11. The predicted octanol–water partition coefficient (Wildman–Crippen LogP) is 3.71. The number of benzene rings is 2. The Bertz CT molecular complexity index is 910. The first-order chi connectivity index (χ1) is 15.3. The standard InChI is InChI=1S/C22H25Cl2N3O4S/c1-27(13-19(28)26-21-16(23)9-6-10-17(21)24)22(30)18(11-12-32-2)25-20(29)14-31-15-7-4-3-5-8-15/h3-10,18H,11-14H2,1-2H3,(H,25,29)(H,26,28). The van der Waals surface area contributed by atoms with Crippen LogP contribution in [0.2, 0.25) is 10.0 Å². The lowest BCUT2D eigenvalue weighted by molar-refractivity contribution is -0.137. The number of para-hydroxylation sites is 2. The number of thioether (sulfide) groups is 1. The molecule has 2 aromatic rings. The summed E-state index contributed by atoms with van der Waals surface area (Å²) in [4.78, 5) is 38.9. The summed E-state index contributed by atoms with van der Waals surface area (Å²) in [5.74, 6) is -0.0488. The van der Waals surface area contributed by atoms with Crippen LogP contribution in [0.3, 0.4) is 0 Å². The van der Waals surface area contributed by atoms with Gasteiger partial charge in [0.25, 0.3) is 5.91 Å². The molecule has 0 saturated heterocycles. The van der Waals surface area contributed by atoms with Crippen molar-refractivity contribution < 1.29 is 19.1 Å². The van der Waals surface area contributed by atoms with Gasteiger partial charge in [0.1, 0.15) is 11.8 Å². The summed E-state index contributed by atoms with van der Waals surface area (Å²) in [7, 11) is 1.49. The van der Waals surface area contributed by atoms with Crippen molar-refractivity contribution in [3.63, 3.8) is 0 Å². The Hall–Kier alpha value is -2.42. The first-order valence-electron chi connectivity index (χ1n) is 9.76. The summed E-state index contributed by atoms with van der Waals surface area (Å²) in [6.45, 7) is -0.450. The van der Waals surface area contributed by atoms with E-state index in [4.69, 9.17) is 27.9 Å². The van der Waals surface area contributed by atoms with Gasteiger partial charge in [0, 0.05) is 7.05 Å². The molecule has 0 bridgehead atoms. The number of ether oxygens (including phenoxy) is 1. The fourth-order valence-electron chi connectivity index (χ4n) is 2.75. The number of likely N-dealkylation sites (N-methyl/N-ethyl adjacent to an activating group) is 1. The molecule has 3 amide bonds. The number of hydrogen-bond acceptors (Lipinski definition) is 5. The number of carbonyl (C=O) groups is 3. The van der Waals surface area contributed by atoms with Crippen LogP contribution in [0.5, 0.6) is 5.75 Å². The molecule has 32 heavy (non-hydrogen) atoms. The molecule has 1 unspecified atom stereocenters. The van der Waals surface area contributed by atoms with E-state index in [1.54, 1.807) is 54.2 Å². The van der Waals surface area contributed by atoms with Gasteiger partial charge in [0.15, 0.2) is 6.61 Å². The molecule has 1 atom stereocenters. The van der Waals surface area contributed by atoms with E-state index in [2.05, 4.69) is 10.6 Å². The van der Waals surface area contributed by atoms with E-state index in [9.17, 15) is 14.4 Å². The number of nitrogens with one attached hydrogen (secondary N) is 2. The second-order valence-corrected chi connectivity index (χ2v) is 8.64. The molecule has 0 spiro atoms. The Morgan fingerprint density at radius 3 is 2.31 bits per heavy atom. The Balaban J connectivity index is 1.94. The summed E-state index contributed by atoms with van der Waals surface area (Å²) in [6.07, 6.45) is 2.33. The van der Waals surface area contributed by atoms with E-state index >= 15 is 0 Å². The van der Waals surface area contributed by atoms with E-state index in [1.165, 1.54) is 11.9 Å². The maximum absolute atomic E-state index is 12.9. The number of carbonyl (C=O) groups excluding carboxylic acids is 3. The maximum atomic E-state index is 12.9. The molecular weight excluding hydrogens is 473 g/mol. The van der Waals surface area contributed by atoms with Crippen molar-refractivity contribution in [3.8, 4) is 5.75 Å². The van der Waals surface area contributed by atoms with E-state index in [-0.39, 0.29) is 24.7 Å². The molecular formula is C22H25Cl2N3O4S. The smallest absolute Gasteiger partial charge is 0.258 e. The van der Waals surface area contributed by atoms with Crippen molar-refractivity contribution in [2.45, 2.75) is 12.5 Å². The largest absolute Gasteiger partial charge is 0.484 e. The van der Waals surface area contributed by atoms with E-state index in [0.29, 0.717) is 28.0 Å². The van der Waals surface area contributed by atoms with Crippen LogP contribution in [-0.4, -0.2) is 60.9 Å². The van der Waals surface area contributed by atoms with Crippen molar-refractivity contribution in [1.29, 1.82) is 0 Å². The predicted molar refractivity (Wildman–Crippen MR) is 130 cm³/mol. The normalized spacial score (nSPS) is 11.4. The van der Waals surface area contributed by atoms with E-state index in [0.717, 1.165) is 0 Å². The summed E-state index contributed by atoms with van der Waals surface area (Å²) >= 11 is 13.7. The minimum Gasteiger partial charge on any atom is -0.484 e. The Labute approximate surface area is 201 Å². The van der Waals surface area contributed by atoms with Crippen LogP contribution < -0.4 is 15.4 Å². The van der Waals surface area contributed by atoms with Gasteiger partial charge < -0.3 is 20.3 Å². The van der Waals surface area contributed by atoms with Crippen LogP contribution in [-0.2, 0) is 14.4 Å². The van der Waals surface area contributed by atoms with Gasteiger partial charge in [-0.25, -0.2) is 0 Å². The van der Waals surface area contributed by atoms with Gasteiger partial charge >= 0.3 is 0 Å². The van der Waals surface area contributed by atoms with E-state index < -0.39 is 17.9 Å². The molecule has 2 N–H and O–H groups in total. The Morgan fingerprint density at radius 2 is 1.69 bits per heavy atom. The van der Waals surface area contributed by atoms with Gasteiger partial charge in [-0.2, -0.15) is 11.8 Å². The third kappa shape index (κ3) is 8.26. The third-order valence-electron chi connectivity index (χ3n) is 4.34. The SMILES string of the molecule is CSCCC(NC(=O)COc1ccccc1)C(=O)N(C)CC(=O)Nc1c(Cl)cccc1Cl. The molecule has 0 aromatic heterocycles. The summed E-state index contributed by atoms with van der Waals surface area (Å²) in [6, 6.07) is 13.0. The number of amides is 3. The lowest BCUT2D eigenvalue weighted by Gasteiger charge is -2.24. The minimum atomic E-state index is -0.781. The van der Waals surface area contributed by atoms with Crippen LogP contribution in [0.25, 0.3) is 0 Å². The molecule has 0 aliphatic rings. The minimum absolute atomic E-state index is 0.220. The average molecular weight is 498 g/mol. The topological polar surface area (TPSA) is 87.7 Å². The fraction of sp³-hybridized carbons (Fsp3) is 0.318. The van der Waals surface area contributed by atoms with Gasteiger partial charge in [0.2, 0.25) is 11.8 Å². The van der Waals surface area contributed by atoms with Gasteiger partial charge in [-0.15, -0.1) is 0 Å². The molecule has 0 aliphatic carbocycles. The van der Waals surface area contributed by atoms with Crippen molar-refractivity contribution in [2.75, 3.05) is 37.5 Å². The van der Waals surface area contributed by atoms with Crippen LogP contribution in [0, 0.1) is 0 Å². The molecule has 0 fully saturated rings. The number of halogens is 2. The number of anilines is 1.